The Bertz CT molecular complexity index is 1640. The molecule has 0 radical (unpaired) electrons. The van der Waals surface area contributed by atoms with Crippen molar-refractivity contribution < 1.29 is 28.2 Å². The van der Waals surface area contributed by atoms with E-state index in [9.17, 15) is 18.7 Å². The van der Waals surface area contributed by atoms with E-state index >= 15 is 0 Å². The van der Waals surface area contributed by atoms with Gasteiger partial charge in [0, 0.05) is 24.7 Å². The maximum absolute atomic E-state index is 14.5. The molecule has 0 amide bonds. The Morgan fingerprint density at radius 3 is 2.68 bits per heavy atom. The van der Waals surface area contributed by atoms with Crippen LogP contribution in [0.3, 0.4) is 0 Å². The summed E-state index contributed by atoms with van der Waals surface area (Å²) in [7, 11) is 0. The van der Waals surface area contributed by atoms with Crippen LogP contribution >= 0.6 is 25.1 Å². The van der Waals surface area contributed by atoms with E-state index in [2.05, 4.69) is 9.88 Å². The van der Waals surface area contributed by atoms with Crippen LogP contribution in [0.4, 0.5) is 8.78 Å². The van der Waals surface area contributed by atoms with E-state index in [0.717, 1.165) is 41.5 Å². The van der Waals surface area contributed by atoms with E-state index in [0.29, 0.717) is 31.9 Å². The van der Waals surface area contributed by atoms with Crippen LogP contribution in [-0.4, -0.2) is 56.3 Å². The minimum absolute atomic E-state index is 0. The molecule has 0 saturated carbocycles. The molecule has 0 unspecified atom stereocenters. The molecule has 41 heavy (non-hydrogen) atoms. The molecular weight excluding hydrogens is 574 g/mol. The van der Waals surface area contributed by atoms with Crippen LogP contribution in [0.5, 0.6) is 5.75 Å². The van der Waals surface area contributed by atoms with Crippen LogP contribution in [0, 0.1) is 11.6 Å². The third-order valence-corrected chi connectivity index (χ3v) is 7.35. The van der Waals surface area contributed by atoms with Crippen molar-refractivity contribution in [3.63, 3.8) is 0 Å². The second kappa shape index (κ2) is 12.2. The maximum atomic E-state index is 14.5. The minimum Gasteiger partial charge on any atom is -0.484 e. The minimum atomic E-state index is -0.987. The second-order valence-corrected chi connectivity index (χ2v) is 10.3. The maximum Gasteiger partial charge on any atom is 0.335 e. The predicted octanol–water partition coefficient (Wildman–Crippen LogP) is 5.44. The van der Waals surface area contributed by atoms with Gasteiger partial charge in [-0.3, -0.25) is 4.90 Å². The molecule has 0 spiro atoms. The smallest absolute Gasteiger partial charge is 0.335 e. The van der Waals surface area contributed by atoms with Crippen LogP contribution < -0.4 is 4.74 Å². The third-order valence-electron chi connectivity index (χ3n) is 7.11. The van der Waals surface area contributed by atoms with Crippen molar-refractivity contribution in [1.82, 2.24) is 19.4 Å². The molecule has 0 aliphatic carbocycles. The molecule has 1 atom stereocenters. The molecule has 4 heterocycles. The Morgan fingerprint density at radius 2 is 1.95 bits per heavy atom. The van der Waals surface area contributed by atoms with E-state index < -0.39 is 17.6 Å². The number of benzene rings is 2. The lowest BCUT2D eigenvalue weighted by Gasteiger charge is -2.28. The lowest BCUT2D eigenvalue weighted by atomic mass is 10.1. The number of carboxylic acids is 1. The van der Waals surface area contributed by atoms with Gasteiger partial charge in [-0.05, 0) is 60.5 Å². The fourth-order valence-corrected chi connectivity index (χ4v) is 5.04. The molecule has 4 aromatic rings. The predicted molar refractivity (Wildman–Crippen MR) is 155 cm³/mol. The molecule has 1 N–H and O–H groups in total. The highest BCUT2D eigenvalue weighted by Gasteiger charge is 2.25. The number of aromatic nitrogens is 3. The average Bonchev–Trinajstić information content (AvgIpc) is 3.50. The quantitative estimate of drug-likeness (QED) is 0.274. The van der Waals surface area contributed by atoms with Gasteiger partial charge in [0.1, 0.15) is 23.9 Å². The summed E-state index contributed by atoms with van der Waals surface area (Å²) >= 11 is 5.78. The number of halogens is 3. The largest absolute Gasteiger partial charge is 0.484 e. The van der Waals surface area contributed by atoms with Crippen LogP contribution in [0.2, 0.25) is 5.02 Å². The van der Waals surface area contributed by atoms with Crippen molar-refractivity contribution in [3.8, 4) is 5.75 Å². The molecule has 2 aliphatic heterocycles. The van der Waals surface area contributed by atoms with Crippen molar-refractivity contribution in [2.24, 2.45) is 0 Å². The summed E-state index contributed by atoms with van der Waals surface area (Å²) in [6, 6.07) is 11.9. The van der Waals surface area contributed by atoms with Gasteiger partial charge in [0.05, 0.1) is 41.5 Å². The normalized spacial score (nSPS) is 16.8. The van der Waals surface area contributed by atoms with Crippen molar-refractivity contribution in [3.05, 3.63) is 94.0 Å². The number of carboxylic acid groups (broad SMARTS) is 1. The number of aromatic carboxylic acids is 1. The summed E-state index contributed by atoms with van der Waals surface area (Å²) < 4.78 is 41.7. The molecule has 2 aliphatic rings. The van der Waals surface area contributed by atoms with E-state index in [4.69, 9.17) is 26.1 Å². The summed E-state index contributed by atoms with van der Waals surface area (Å²) in [5.74, 6) is -1.38. The molecule has 0 bridgehead atoms. The van der Waals surface area contributed by atoms with Gasteiger partial charge in [0.2, 0.25) is 0 Å². The van der Waals surface area contributed by atoms with E-state index in [1.54, 1.807) is 24.3 Å². The molecule has 6 rings (SSSR count). The van der Waals surface area contributed by atoms with Gasteiger partial charge < -0.3 is 19.1 Å². The number of pyridine rings is 1. The van der Waals surface area contributed by atoms with Crippen LogP contribution in [0.1, 0.15) is 34.0 Å². The Kier molecular flexibility index (Phi) is 8.60. The monoisotopic (exact) mass is 600 g/mol. The average molecular weight is 601 g/mol. The Balaban J connectivity index is 0.00000337. The molecule has 1 fully saturated rings. The van der Waals surface area contributed by atoms with Crippen molar-refractivity contribution in [2.45, 2.75) is 32.2 Å². The zero-order valence-electron chi connectivity index (χ0n) is 21.8. The Morgan fingerprint density at radius 1 is 1.12 bits per heavy atom. The first kappa shape index (κ1) is 29.0. The first-order valence-corrected chi connectivity index (χ1v) is 13.2. The zero-order chi connectivity index (χ0) is 27.8. The number of nitrogens with zero attached hydrogens (tertiary/aromatic N) is 4. The van der Waals surface area contributed by atoms with Gasteiger partial charge in [-0.1, -0.05) is 17.7 Å². The fraction of sp³-hybridized carbons (Fsp3) is 0.276. The topological polar surface area (TPSA) is 89.7 Å². The second-order valence-electron chi connectivity index (χ2n) is 9.82. The molecule has 12 heteroatoms. The van der Waals surface area contributed by atoms with Gasteiger partial charge in [0.15, 0.2) is 11.6 Å². The SMILES string of the molecule is O=C(O)c1ccc2nc(CN3CC=C(c4ccc(F)c(COc5ccc(Cl)cc5F)n4)C3)n(C[C@@H]3CCO3)c2c1.S. The van der Waals surface area contributed by atoms with Gasteiger partial charge in [0.25, 0.3) is 0 Å². The highest BCUT2D eigenvalue weighted by Crippen LogP contribution is 2.27. The summed E-state index contributed by atoms with van der Waals surface area (Å²) in [5, 5.41) is 9.71. The number of rotatable bonds is 9. The number of fused-ring (bicyclic) bond motifs is 1. The highest BCUT2D eigenvalue weighted by atomic mass is 35.5. The summed E-state index contributed by atoms with van der Waals surface area (Å²) in [4.78, 5) is 23.0. The van der Waals surface area contributed by atoms with E-state index in [1.807, 2.05) is 10.6 Å². The van der Waals surface area contributed by atoms with Crippen LogP contribution in [0.25, 0.3) is 16.6 Å². The lowest BCUT2D eigenvalue weighted by molar-refractivity contribution is -0.0591. The van der Waals surface area contributed by atoms with Crippen molar-refractivity contribution in [1.29, 1.82) is 0 Å². The van der Waals surface area contributed by atoms with Gasteiger partial charge in [-0.15, -0.1) is 0 Å². The molecule has 2 aromatic carbocycles. The van der Waals surface area contributed by atoms with E-state index in [-0.39, 0.29) is 48.2 Å². The van der Waals surface area contributed by atoms with Crippen LogP contribution in [0.15, 0.2) is 54.6 Å². The lowest BCUT2D eigenvalue weighted by Crippen LogP contribution is -2.32. The Labute approximate surface area is 246 Å². The van der Waals surface area contributed by atoms with Crippen molar-refractivity contribution in [2.75, 3.05) is 19.7 Å². The first-order chi connectivity index (χ1) is 19.3. The molecule has 8 nitrogen and oxygen atoms in total. The first-order valence-electron chi connectivity index (χ1n) is 12.8. The number of carbonyl (C=O) groups is 1. The number of hydrogen-bond donors (Lipinski definition) is 1. The molecule has 214 valence electrons. The molecule has 2 aromatic heterocycles. The van der Waals surface area contributed by atoms with Gasteiger partial charge in [-0.2, -0.15) is 13.5 Å². The van der Waals surface area contributed by atoms with Gasteiger partial charge >= 0.3 is 5.97 Å². The molecule has 1 saturated heterocycles. The number of imidazole rings is 1. The number of hydrogen-bond acceptors (Lipinski definition) is 6. The highest BCUT2D eigenvalue weighted by molar-refractivity contribution is 7.59. The van der Waals surface area contributed by atoms with E-state index in [1.165, 1.54) is 18.2 Å². The van der Waals surface area contributed by atoms with Gasteiger partial charge in [-0.25, -0.2) is 23.5 Å². The van der Waals surface area contributed by atoms with Crippen LogP contribution in [-0.2, 0) is 24.4 Å². The summed E-state index contributed by atoms with van der Waals surface area (Å²) in [5.41, 5.74) is 3.32. The third kappa shape index (κ3) is 6.23. The molecular formula is C29H27ClF2N4O4S. The van der Waals surface area contributed by atoms with Crippen molar-refractivity contribution >= 4 is 47.7 Å². The summed E-state index contributed by atoms with van der Waals surface area (Å²) in [6.07, 6.45) is 3.05. The number of ether oxygens (including phenoxy) is 2. The standard InChI is InChI=1S/C29H25ClF2N4O4.H2S/c30-19-2-6-27(22(32)12-19)40-16-25-21(31)3-5-23(33-25)18-7-9-35(13-18)15-28-34-24-4-1-17(29(37)38)11-26(24)36(28)14-20-8-10-39-20;/h1-7,11-12,20H,8-10,13-16H2,(H,37,38);1H2/t20-;/m0./s1. The fourth-order valence-electron chi connectivity index (χ4n) is 4.88. The zero-order valence-corrected chi connectivity index (χ0v) is 23.6. The Hall–Kier alpha value is -3.51. The summed E-state index contributed by atoms with van der Waals surface area (Å²) in [6.45, 7) is 2.81.